The molecule has 6 heteroatoms. The number of allylic oxidation sites excluding steroid dienone is 2. The van der Waals surface area contributed by atoms with E-state index in [0.717, 1.165) is 31.5 Å². The molecule has 22 heavy (non-hydrogen) atoms. The van der Waals surface area contributed by atoms with E-state index in [4.69, 9.17) is 4.74 Å². The van der Waals surface area contributed by atoms with Crippen LogP contribution in [0.1, 0.15) is 50.4 Å². The number of nitrogens with zero attached hydrogens (tertiary/aromatic N) is 3. The number of aromatic nitrogens is 3. The van der Waals surface area contributed by atoms with Crippen LogP contribution >= 0.6 is 0 Å². The summed E-state index contributed by atoms with van der Waals surface area (Å²) in [6.45, 7) is 3.88. The predicted molar refractivity (Wildman–Crippen MR) is 82.1 cm³/mol. The number of H-pyrrole nitrogens is 1. The zero-order valence-electron chi connectivity index (χ0n) is 13.1. The van der Waals surface area contributed by atoms with Crippen molar-refractivity contribution in [1.29, 1.82) is 0 Å². The van der Waals surface area contributed by atoms with Crippen LogP contribution in [0.2, 0.25) is 0 Å². The van der Waals surface area contributed by atoms with Crippen LogP contribution in [0.15, 0.2) is 12.2 Å². The zero-order valence-corrected chi connectivity index (χ0v) is 13.1. The molecule has 1 aliphatic carbocycles. The summed E-state index contributed by atoms with van der Waals surface area (Å²) in [7, 11) is 0. The van der Waals surface area contributed by atoms with Gasteiger partial charge in [-0.15, -0.1) is 0 Å². The summed E-state index contributed by atoms with van der Waals surface area (Å²) < 4.78 is 5.75. The van der Waals surface area contributed by atoms with Gasteiger partial charge in [-0.1, -0.05) is 19.1 Å². The predicted octanol–water partition coefficient (Wildman–Crippen LogP) is 2.01. The molecular formula is C16H24N4O2. The van der Waals surface area contributed by atoms with Gasteiger partial charge in [-0.2, -0.15) is 5.10 Å². The van der Waals surface area contributed by atoms with Crippen LogP contribution in [-0.2, 0) is 16.0 Å². The molecule has 0 bridgehead atoms. The van der Waals surface area contributed by atoms with Crippen molar-refractivity contribution < 1.29 is 9.53 Å². The third-order valence-electron chi connectivity index (χ3n) is 4.29. The number of hydrogen-bond donors (Lipinski definition) is 1. The number of ether oxygens (including phenoxy) is 1. The van der Waals surface area contributed by atoms with Gasteiger partial charge < -0.3 is 9.64 Å². The first-order chi connectivity index (χ1) is 10.8. The van der Waals surface area contributed by atoms with Gasteiger partial charge in [0.1, 0.15) is 11.9 Å². The van der Waals surface area contributed by atoms with Gasteiger partial charge in [0.2, 0.25) is 5.91 Å². The SMILES string of the molecule is CCCc1nc([C@@H]2CN(C(=O)C[C@H]3C=CCC3)CCO2)n[nH]1. The Labute approximate surface area is 130 Å². The lowest BCUT2D eigenvalue weighted by Crippen LogP contribution is -2.43. The van der Waals surface area contributed by atoms with E-state index in [2.05, 4.69) is 34.3 Å². The van der Waals surface area contributed by atoms with Crippen molar-refractivity contribution in [1.82, 2.24) is 20.1 Å². The van der Waals surface area contributed by atoms with Gasteiger partial charge in [0.25, 0.3) is 0 Å². The third kappa shape index (κ3) is 3.55. The second-order valence-corrected chi connectivity index (χ2v) is 6.06. The first-order valence-electron chi connectivity index (χ1n) is 8.23. The molecule has 0 saturated carbocycles. The molecule has 2 aliphatic rings. The molecule has 0 spiro atoms. The minimum atomic E-state index is -0.210. The van der Waals surface area contributed by atoms with Crippen LogP contribution in [0.3, 0.4) is 0 Å². The van der Waals surface area contributed by atoms with Crippen molar-refractivity contribution in [3.63, 3.8) is 0 Å². The molecule has 1 aromatic rings. The average Bonchev–Trinajstić information content (AvgIpc) is 3.19. The lowest BCUT2D eigenvalue weighted by atomic mass is 10.0. The van der Waals surface area contributed by atoms with E-state index < -0.39 is 0 Å². The van der Waals surface area contributed by atoms with E-state index in [1.807, 2.05) is 4.90 Å². The largest absolute Gasteiger partial charge is 0.366 e. The second-order valence-electron chi connectivity index (χ2n) is 6.06. The molecule has 0 radical (unpaired) electrons. The number of carbonyl (C=O) groups excluding carboxylic acids is 1. The Kier molecular flexibility index (Phi) is 4.87. The smallest absolute Gasteiger partial charge is 0.223 e. The summed E-state index contributed by atoms with van der Waals surface area (Å²) in [4.78, 5) is 18.8. The molecule has 3 rings (SSSR count). The van der Waals surface area contributed by atoms with E-state index in [-0.39, 0.29) is 12.0 Å². The van der Waals surface area contributed by atoms with Gasteiger partial charge >= 0.3 is 0 Å². The Morgan fingerprint density at radius 3 is 3.23 bits per heavy atom. The van der Waals surface area contributed by atoms with Gasteiger partial charge in [0.15, 0.2) is 5.82 Å². The highest BCUT2D eigenvalue weighted by Crippen LogP contribution is 2.24. The molecule has 0 unspecified atom stereocenters. The monoisotopic (exact) mass is 304 g/mol. The van der Waals surface area contributed by atoms with Gasteiger partial charge in [0.05, 0.1) is 13.2 Å². The fourth-order valence-electron chi connectivity index (χ4n) is 3.05. The van der Waals surface area contributed by atoms with Crippen molar-refractivity contribution in [2.24, 2.45) is 5.92 Å². The minimum Gasteiger partial charge on any atom is -0.366 e. The Bertz CT molecular complexity index is 540. The minimum absolute atomic E-state index is 0.210. The highest BCUT2D eigenvalue weighted by Gasteiger charge is 2.29. The Hall–Kier alpha value is -1.69. The Morgan fingerprint density at radius 1 is 1.55 bits per heavy atom. The molecule has 120 valence electrons. The van der Waals surface area contributed by atoms with Crippen LogP contribution < -0.4 is 0 Å². The first kappa shape index (κ1) is 15.2. The van der Waals surface area contributed by atoms with Gasteiger partial charge in [0, 0.05) is 19.4 Å². The van der Waals surface area contributed by atoms with Crippen LogP contribution in [0, 0.1) is 5.92 Å². The summed E-state index contributed by atoms with van der Waals surface area (Å²) in [6, 6.07) is 0. The molecule has 1 aromatic heterocycles. The molecule has 1 N–H and O–H groups in total. The Morgan fingerprint density at radius 2 is 2.45 bits per heavy atom. The van der Waals surface area contributed by atoms with Gasteiger partial charge in [-0.25, -0.2) is 4.98 Å². The molecule has 6 nitrogen and oxygen atoms in total. The number of hydrogen-bond acceptors (Lipinski definition) is 4. The number of carbonyl (C=O) groups is 1. The van der Waals surface area contributed by atoms with Crippen LogP contribution in [0.4, 0.5) is 0 Å². The van der Waals surface area contributed by atoms with Crippen LogP contribution in [0.25, 0.3) is 0 Å². The van der Waals surface area contributed by atoms with E-state index in [9.17, 15) is 4.79 Å². The highest BCUT2D eigenvalue weighted by atomic mass is 16.5. The first-order valence-corrected chi connectivity index (χ1v) is 8.23. The van der Waals surface area contributed by atoms with E-state index in [1.54, 1.807) is 0 Å². The topological polar surface area (TPSA) is 71.1 Å². The summed E-state index contributed by atoms with van der Waals surface area (Å²) in [6.07, 6.45) is 8.85. The lowest BCUT2D eigenvalue weighted by Gasteiger charge is -2.32. The second kappa shape index (κ2) is 7.05. The van der Waals surface area contributed by atoms with E-state index >= 15 is 0 Å². The molecule has 1 saturated heterocycles. The highest BCUT2D eigenvalue weighted by molar-refractivity contribution is 5.76. The lowest BCUT2D eigenvalue weighted by molar-refractivity contribution is -0.140. The van der Waals surface area contributed by atoms with E-state index in [1.165, 1.54) is 0 Å². The summed E-state index contributed by atoms with van der Waals surface area (Å²) in [5.41, 5.74) is 0. The molecule has 2 heterocycles. The maximum absolute atomic E-state index is 12.4. The van der Waals surface area contributed by atoms with Crippen LogP contribution in [0.5, 0.6) is 0 Å². The third-order valence-corrected chi connectivity index (χ3v) is 4.29. The van der Waals surface area contributed by atoms with Crippen molar-refractivity contribution in [3.05, 3.63) is 23.8 Å². The standard InChI is InChI=1S/C16H24N4O2/c1-2-5-14-17-16(19-18-14)13-11-20(8-9-22-13)15(21)10-12-6-3-4-7-12/h3,6,12-13H,2,4-5,7-11H2,1H3,(H,17,18,19)/t12-,13-/m0/s1. The number of morpholine rings is 1. The molecule has 2 atom stereocenters. The maximum Gasteiger partial charge on any atom is 0.223 e. The number of nitrogens with one attached hydrogen (secondary N) is 1. The van der Waals surface area contributed by atoms with Crippen molar-refractivity contribution >= 4 is 5.91 Å². The van der Waals surface area contributed by atoms with Gasteiger partial charge in [-0.05, 0) is 25.2 Å². The number of amides is 1. The van der Waals surface area contributed by atoms with Crippen molar-refractivity contribution in [2.75, 3.05) is 19.7 Å². The fraction of sp³-hybridized carbons (Fsp3) is 0.688. The van der Waals surface area contributed by atoms with Crippen molar-refractivity contribution in [2.45, 2.75) is 45.1 Å². The Balaban J connectivity index is 1.58. The molecule has 1 amide bonds. The number of aryl methyl sites for hydroxylation is 1. The fourth-order valence-corrected chi connectivity index (χ4v) is 3.05. The normalized spacial score (nSPS) is 24.9. The number of rotatable bonds is 5. The maximum atomic E-state index is 12.4. The zero-order chi connectivity index (χ0) is 15.4. The summed E-state index contributed by atoms with van der Waals surface area (Å²) in [5, 5.41) is 7.20. The van der Waals surface area contributed by atoms with Crippen LogP contribution in [-0.4, -0.2) is 45.7 Å². The molecule has 0 aromatic carbocycles. The molecular weight excluding hydrogens is 280 g/mol. The molecule has 1 aliphatic heterocycles. The van der Waals surface area contributed by atoms with Crippen molar-refractivity contribution in [3.8, 4) is 0 Å². The quantitative estimate of drug-likeness (QED) is 0.845. The molecule has 1 fully saturated rings. The van der Waals surface area contributed by atoms with E-state index in [0.29, 0.717) is 37.9 Å². The average molecular weight is 304 g/mol. The summed E-state index contributed by atoms with van der Waals surface area (Å²) >= 11 is 0. The summed E-state index contributed by atoms with van der Waals surface area (Å²) in [5.74, 6) is 2.19. The van der Waals surface area contributed by atoms with Gasteiger partial charge in [-0.3, -0.25) is 9.89 Å². The number of aromatic amines is 1.